The van der Waals surface area contributed by atoms with Crippen LogP contribution in [-0.4, -0.2) is 41.9 Å². The zero-order valence-electron chi connectivity index (χ0n) is 17.2. The molecule has 0 bridgehead atoms. The minimum Gasteiger partial charge on any atom is -0.485 e. The van der Waals surface area contributed by atoms with Gasteiger partial charge in [-0.2, -0.15) is 0 Å². The molecule has 0 unspecified atom stereocenters. The van der Waals surface area contributed by atoms with Gasteiger partial charge in [-0.15, -0.1) is 0 Å². The van der Waals surface area contributed by atoms with Crippen molar-refractivity contribution in [2.24, 2.45) is 0 Å². The molecule has 0 aliphatic carbocycles. The normalized spacial score (nSPS) is 14.8. The van der Waals surface area contributed by atoms with Crippen LogP contribution >= 0.6 is 0 Å². The summed E-state index contributed by atoms with van der Waals surface area (Å²) >= 11 is 0. The first-order chi connectivity index (χ1) is 15.3. The Bertz CT molecular complexity index is 1150. The number of carbonyl (C=O) groups is 1. The van der Waals surface area contributed by atoms with Crippen LogP contribution in [0.25, 0.3) is 10.8 Å². The smallest absolute Gasteiger partial charge is 0.289 e. The Hall–Kier alpha value is -3.51. The number of amides is 1. The van der Waals surface area contributed by atoms with Crippen molar-refractivity contribution in [3.8, 4) is 5.75 Å². The van der Waals surface area contributed by atoms with Gasteiger partial charge in [0.25, 0.3) is 5.91 Å². The molecule has 1 aliphatic rings. The Morgan fingerprint density at radius 3 is 2.55 bits per heavy atom. The summed E-state index contributed by atoms with van der Waals surface area (Å²) in [5, 5.41) is 2.18. The van der Waals surface area contributed by atoms with Gasteiger partial charge in [-0.1, -0.05) is 36.4 Å². The van der Waals surface area contributed by atoms with Crippen LogP contribution in [0, 0.1) is 0 Å². The van der Waals surface area contributed by atoms with Crippen molar-refractivity contribution in [3.05, 3.63) is 90.3 Å². The maximum Gasteiger partial charge on any atom is 0.289 e. The minimum absolute atomic E-state index is 0.0749. The van der Waals surface area contributed by atoms with E-state index < -0.39 is 0 Å². The fourth-order valence-electron chi connectivity index (χ4n) is 3.93. The van der Waals surface area contributed by atoms with E-state index in [0.29, 0.717) is 24.6 Å². The van der Waals surface area contributed by atoms with E-state index in [2.05, 4.69) is 17.0 Å². The molecule has 6 nitrogen and oxygen atoms in total. The van der Waals surface area contributed by atoms with Crippen LogP contribution in [0.5, 0.6) is 5.75 Å². The molecule has 0 atom stereocenters. The van der Waals surface area contributed by atoms with E-state index in [9.17, 15) is 4.79 Å². The number of ether oxygens (including phenoxy) is 1. The van der Waals surface area contributed by atoms with E-state index in [1.807, 2.05) is 53.4 Å². The summed E-state index contributed by atoms with van der Waals surface area (Å²) in [5.41, 5.74) is 0. The predicted octanol–water partition coefficient (Wildman–Crippen LogP) is 4.56. The van der Waals surface area contributed by atoms with E-state index in [1.54, 1.807) is 12.3 Å². The van der Waals surface area contributed by atoms with E-state index >= 15 is 0 Å². The molecule has 6 heteroatoms. The van der Waals surface area contributed by atoms with Crippen molar-refractivity contribution in [2.75, 3.05) is 26.2 Å². The number of benzene rings is 2. The highest BCUT2D eigenvalue weighted by Crippen LogP contribution is 2.26. The zero-order chi connectivity index (χ0) is 21.0. The van der Waals surface area contributed by atoms with E-state index in [0.717, 1.165) is 41.9 Å². The van der Waals surface area contributed by atoms with Gasteiger partial charge in [0.1, 0.15) is 23.9 Å². The van der Waals surface area contributed by atoms with Crippen LogP contribution in [0.2, 0.25) is 0 Å². The number of nitrogens with zero attached hydrogens (tertiary/aromatic N) is 2. The summed E-state index contributed by atoms with van der Waals surface area (Å²) in [6.45, 7) is 4.00. The van der Waals surface area contributed by atoms with Crippen molar-refractivity contribution in [1.29, 1.82) is 0 Å². The molecule has 2 aromatic heterocycles. The van der Waals surface area contributed by atoms with E-state index in [4.69, 9.17) is 13.6 Å². The first kappa shape index (κ1) is 19.5. The standard InChI is InChI=1S/C25H24N2O4/c28-25(27-14-12-26(13-15-27)17-20-7-4-16-29-20)24-11-10-21(31-24)18-30-23-9-3-6-19-5-1-2-8-22(19)23/h1-11,16H,12-15,17-18H2. The summed E-state index contributed by atoms with van der Waals surface area (Å²) < 4.78 is 17.2. The molecule has 2 aromatic carbocycles. The summed E-state index contributed by atoms with van der Waals surface area (Å²) in [6.07, 6.45) is 1.69. The predicted molar refractivity (Wildman–Crippen MR) is 117 cm³/mol. The maximum atomic E-state index is 12.8. The fourth-order valence-corrected chi connectivity index (χ4v) is 3.93. The lowest BCUT2D eigenvalue weighted by Gasteiger charge is -2.33. The van der Waals surface area contributed by atoms with Crippen LogP contribution in [0.1, 0.15) is 22.1 Å². The van der Waals surface area contributed by atoms with Gasteiger partial charge in [0.15, 0.2) is 5.76 Å². The van der Waals surface area contributed by atoms with Crippen molar-refractivity contribution in [2.45, 2.75) is 13.2 Å². The molecule has 0 spiro atoms. The van der Waals surface area contributed by atoms with Crippen LogP contribution in [0.4, 0.5) is 0 Å². The Kier molecular flexibility index (Phi) is 5.46. The number of hydrogen-bond acceptors (Lipinski definition) is 5. The van der Waals surface area contributed by atoms with E-state index in [1.165, 1.54) is 0 Å². The Balaban J connectivity index is 1.17. The molecule has 0 N–H and O–H groups in total. The lowest BCUT2D eigenvalue weighted by molar-refractivity contribution is 0.0586. The first-order valence-corrected chi connectivity index (χ1v) is 10.5. The molecule has 4 aromatic rings. The monoisotopic (exact) mass is 416 g/mol. The fraction of sp³-hybridized carbons (Fsp3) is 0.240. The molecule has 158 valence electrons. The largest absolute Gasteiger partial charge is 0.485 e. The Morgan fingerprint density at radius 2 is 1.71 bits per heavy atom. The van der Waals surface area contributed by atoms with Gasteiger partial charge in [-0.3, -0.25) is 9.69 Å². The molecule has 1 amide bonds. The third-order valence-corrected chi connectivity index (χ3v) is 5.61. The lowest BCUT2D eigenvalue weighted by Crippen LogP contribution is -2.48. The summed E-state index contributed by atoms with van der Waals surface area (Å²) in [7, 11) is 0. The van der Waals surface area contributed by atoms with E-state index in [-0.39, 0.29) is 12.5 Å². The van der Waals surface area contributed by atoms with Crippen molar-refractivity contribution in [3.63, 3.8) is 0 Å². The molecule has 1 saturated heterocycles. The average molecular weight is 416 g/mol. The molecule has 0 saturated carbocycles. The minimum atomic E-state index is -0.0749. The quantitative estimate of drug-likeness (QED) is 0.461. The Morgan fingerprint density at radius 1 is 0.871 bits per heavy atom. The van der Waals surface area contributed by atoms with Crippen LogP contribution in [0.15, 0.2) is 81.8 Å². The first-order valence-electron chi connectivity index (χ1n) is 10.5. The summed E-state index contributed by atoms with van der Waals surface area (Å²) in [6, 6.07) is 21.5. The van der Waals surface area contributed by atoms with Crippen LogP contribution in [-0.2, 0) is 13.2 Å². The highest BCUT2D eigenvalue weighted by Gasteiger charge is 2.24. The SMILES string of the molecule is O=C(c1ccc(COc2cccc3ccccc23)o1)N1CCN(Cc2ccco2)CC1. The second-order valence-electron chi connectivity index (χ2n) is 7.68. The molecular formula is C25H24N2O4. The molecule has 3 heterocycles. The molecule has 5 rings (SSSR count). The second kappa shape index (κ2) is 8.70. The average Bonchev–Trinajstić information content (AvgIpc) is 3.50. The lowest BCUT2D eigenvalue weighted by atomic mass is 10.1. The molecule has 31 heavy (non-hydrogen) atoms. The number of rotatable bonds is 6. The molecule has 1 aliphatic heterocycles. The Labute approximate surface area is 180 Å². The van der Waals surface area contributed by atoms with Gasteiger partial charge in [-0.05, 0) is 35.7 Å². The summed E-state index contributed by atoms with van der Waals surface area (Å²) in [5.74, 6) is 2.66. The number of piperazine rings is 1. The van der Waals surface area contributed by atoms with Gasteiger partial charge < -0.3 is 18.5 Å². The van der Waals surface area contributed by atoms with Crippen LogP contribution < -0.4 is 4.74 Å². The van der Waals surface area contributed by atoms with Gasteiger partial charge in [0.2, 0.25) is 0 Å². The van der Waals surface area contributed by atoms with Gasteiger partial charge >= 0.3 is 0 Å². The number of hydrogen-bond donors (Lipinski definition) is 0. The zero-order valence-corrected chi connectivity index (χ0v) is 17.2. The second-order valence-corrected chi connectivity index (χ2v) is 7.68. The van der Waals surface area contributed by atoms with Gasteiger partial charge in [-0.25, -0.2) is 0 Å². The van der Waals surface area contributed by atoms with Crippen molar-refractivity contribution >= 4 is 16.7 Å². The molecule has 0 radical (unpaired) electrons. The molecular weight excluding hydrogens is 392 g/mol. The van der Waals surface area contributed by atoms with Gasteiger partial charge in [0.05, 0.1) is 12.8 Å². The highest BCUT2D eigenvalue weighted by atomic mass is 16.5. The topological polar surface area (TPSA) is 59.1 Å². The van der Waals surface area contributed by atoms with Gasteiger partial charge in [0, 0.05) is 31.6 Å². The van der Waals surface area contributed by atoms with Crippen molar-refractivity contribution in [1.82, 2.24) is 9.80 Å². The van der Waals surface area contributed by atoms with Crippen LogP contribution in [0.3, 0.4) is 0 Å². The number of fused-ring (bicyclic) bond motifs is 1. The number of carbonyl (C=O) groups excluding carboxylic acids is 1. The number of furan rings is 2. The molecule has 1 fully saturated rings. The third-order valence-electron chi connectivity index (χ3n) is 5.61. The highest BCUT2D eigenvalue weighted by molar-refractivity contribution is 5.91. The summed E-state index contributed by atoms with van der Waals surface area (Å²) in [4.78, 5) is 17.0. The maximum absolute atomic E-state index is 12.8. The third kappa shape index (κ3) is 4.34. The van der Waals surface area contributed by atoms with Crippen molar-refractivity contribution < 1.29 is 18.4 Å².